The summed E-state index contributed by atoms with van der Waals surface area (Å²) in [5, 5.41) is 48.6. The van der Waals surface area contributed by atoms with E-state index in [2.05, 4.69) is 0 Å². The van der Waals surface area contributed by atoms with E-state index in [1.54, 1.807) is 6.92 Å². The van der Waals surface area contributed by atoms with Crippen LogP contribution in [0.15, 0.2) is 0 Å². The van der Waals surface area contributed by atoms with Gasteiger partial charge >= 0.3 is 17.9 Å². The van der Waals surface area contributed by atoms with E-state index >= 15 is 0 Å². The highest BCUT2D eigenvalue weighted by atomic mass is 16.8. The summed E-state index contributed by atoms with van der Waals surface area (Å²) in [5.41, 5.74) is 1.14. The van der Waals surface area contributed by atoms with Gasteiger partial charge in [-0.2, -0.15) is 0 Å². The largest absolute Gasteiger partial charge is 0.458 e. The Kier molecular flexibility index (Phi) is 5.81. The van der Waals surface area contributed by atoms with E-state index < -0.39 is 130 Å². The fourth-order valence-corrected chi connectivity index (χ4v) is 12.9. The van der Waals surface area contributed by atoms with Crippen LogP contribution in [0.2, 0.25) is 0 Å². The van der Waals surface area contributed by atoms with Gasteiger partial charge < -0.3 is 49.8 Å². The van der Waals surface area contributed by atoms with Gasteiger partial charge in [-0.15, -0.1) is 0 Å². The first kappa shape index (κ1) is 30.5. The zero-order valence-corrected chi connectivity index (χ0v) is 26.6. The molecule has 6 N–H and O–H groups in total. The summed E-state index contributed by atoms with van der Waals surface area (Å²) in [6.07, 6.45) is -6.54. The average molecular weight is 636 g/mol. The molecule has 8 rings (SSSR count). The van der Waals surface area contributed by atoms with Gasteiger partial charge in [-0.1, -0.05) is 20.8 Å². The third kappa shape index (κ3) is 3.09. The number of aliphatic hydroxyl groups is 4. The lowest BCUT2D eigenvalue weighted by atomic mass is 9.40. The van der Waals surface area contributed by atoms with Crippen molar-refractivity contribution in [3.05, 3.63) is 0 Å². The molecule has 13 heteroatoms. The Labute approximate surface area is 261 Å². The van der Waals surface area contributed by atoms with Crippen LogP contribution in [0.25, 0.3) is 0 Å². The monoisotopic (exact) mass is 635 g/mol. The number of nitrogens with two attached hydrogens (primary N) is 1. The Bertz CT molecular complexity index is 1390. The minimum Gasteiger partial charge on any atom is -0.458 e. The van der Waals surface area contributed by atoms with E-state index in [1.165, 1.54) is 20.8 Å². The summed E-state index contributed by atoms with van der Waals surface area (Å²) in [7, 11) is 0. The number of esters is 3. The molecule has 0 radical (unpaired) electrons. The second kappa shape index (κ2) is 8.58. The number of carbonyl (C=O) groups is 3. The van der Waals surface area contributed by atoms with Crippen molar-refractivity contribution in [2.24, 2.45) is 63.4 Å². The van der Waals surface area contributed by atoms with Crippen molar-refractivity contribution >= 4 is 17.9 Å². The van der Waals surface area contributed by atoms with Gasteiger partial charge in [-0.05, 0) is 43.9 Å². The second-order valence-corrected chi connectivity index (χ2v) is 16.2. The van der Waals surface area contributed by atoms with Crippen molar-refractivity contribution in [1.82, 2.24) is 0 Å². The number of carbonyl (C=O) groups excluding carboxylic acids is 3. The van der Waals surface area contributed by atoms with Crippen molar-refractivity contribution in [2.75, 3.05) is 0 Å². The zero-order chi connectivity index (χ0) is 32.7. The zero-order valence-electron chi connectivity index (χ0n) is 26.6. The third-order valence-corrected chi connectivity index (χ3v) is 14.8. The molecule has 2 unspecified atom stereocenters. The normalized spacial score (nSPS) is 64.6. The summed E-state index contributed by atoms with van der Waals surface area (Å²) in [4.78, 5) is 39.0. The number of rotatable bonds is 2. The van der Waals surface area contributed by atoms with Gasteiger partial charge in [0, 0.05) is 48.5 Å². The minimum atomic E-state index is -2.04. The minimum absolute atomic E-state index is 0.205. The number of aliphatic hydroxyl groups excluding tert-OH is 3. The molecule has 0 aromatic carbocycles. The molecule has 0 bridgehead atoms. The highest BCUT2D eigenvalue weighted by Crippen LogP contribution is 2.80. The highest BCUT2D eigenvalue weighted by molar-refractivity contribution is 5.84. The first-order valence-electron chi connectivity index (χ1n) is 16.3. The fraction of sp³-hybridized carbons (Fsp3) is 0.906. The maximum atomic E-state index is 13.2. The van der Waals surface area contributed by atoms with Crippen LogP contribution in [0.5, 0.6) is 0 Å². The topological polar surface area (TPSA) is 211 Å². The van der Waals surface area contributed by atoms with E-state index in [9.17, 15) is 34.8 Å². The maximum absolute atomic E-state index is 13.2. The molecule has 250 valence electrons. The molecular weight excluding hydrogens is 590 g/mol. The van der Waals surface area contributed by atoms with Crippen LogP contribution in [-0.4, -0.2) is 105 Å². The molecule has 5 saturated carbocycles. The van der Waals surface area contributed by atoms with Gasteiger partial charge in [0.25, 0.3) is 0 Å². The van der Waals surface area contributed by atoms with Crippen LogP contribution < -0.4 is 5.73 Å². The fourth-order valence-electron chi connectivity index (χ4n) is 12.9. The number of ether oxygens (including phenoxy) is 5. The van der Waals surface area contributed by atoms with Gasteiger partial charge in [0.2, 0.25) is 5.79 Å². The Morgan fingerprint density at radius 1 is 0.933 bits per heavy atom. The van der Waals surface area contributed by atoms with Gasteiger partial charge in [0.1, 0.15) is 24.4 Å². The standard InChI is InChI=1S/C32H45NO12/c1-9-15-18(30(6)31(7,40)27(39)45-32(30)25(9)44-32)21(37)16-14-17(23(41-10(2)34)26(29(15,16)5)42-11(3)35)28(4)12(19(33)20(14)36)8-13-22(43-13)24(28)38/h9,12-26,36-38,40H,8,33H2,1-7H3/t9-,12+,13-,14?,15-,16+,17?,18-,19-,20+,21+,22-,23-,24-,25+,26-,28-,29+,30-,31+,32-/m0/s1. The molecule has 21 atom stereocenters. The molecule has 0 aromatic rings. The molecule has 13 nitrogen and oxygen atoms in total. The number of epoxide rings is 2. The lowest BCUT2D eigenvalue weighted by molar-refractivity contribution is -0.283. The smallest absolute Gasteiger partial charge is 0.341 e. The Balaban J connectivity index is 1.37. The van der Waals surface area contributed by atoms with E-state index in [1.807, 2.05) is 20.8 Å². The predicted molar refractivity (Wildman–Crippen MR) is 149 cm³/mol. The highest BCUT2D eigenvalue weighted by Gasteiger charge is 2.93. The molecule has 3 heterocycles. The Morgan fingerprint density at radius 3 is 2.20 bits per heavy atom. The Hall–Kier alpha value is -1.87. The van der Waals surface area contributed by atoms with Crippen LogP contribution in [0.4, 0.5) is 0 Å². The molecule has 8 fully saturated rings. The van der Waals surface area contributed by atoms with Crippen molar-refractivity contribution in [3.63, 3.8) is 0 Å². The summed E-state index contributed by atoms with van der Waals surface area (Å²) in [6.45, 7) is 11.3. The second-order valence-electron chi connectivity index (χ2n) is 16.2. The van der Waals surface area contributed by atoms with Gasteiger partial charge in [0.15, 0.2) is 5.60 Å². The lowest BCUT2D eigenvalue weighted by Gasteiger charge is -2.67. The number of hydrogen-bond acceptors (Lipinski definition) is 13. The third-order valence-electron chi connectivity index (χ3n) is 14.8. The molecule has 1 spiro atoms. The van der Waals surface area contributed by atoms with E-state index in [4.69, 9.17) is 29.4 Å². The maximum Gasteiger partial charge on any atom is 0.341 e. The summed E-state index contributed by atoms with van der Waals surface area (Å²) in [5.74, 6) is -8.23. The molecule has 45 heavy (non-hydrogen) atoms. The number of fused-ring (bicyclic) bond motifs is 9. The summed E-state index contributed by atoms with van der Waals surface area (Å²) in [6, 6.07) is -0.811. The summed E-state index contributed by atoms with van der Waals surface area (Å²) < 4.78 is 30.1. The first-order chi connectivity index (χ1) is 20.8. The molecular formula is C32H45NO12. The molecule has 8 aliphatic rings. The van der Waals surface area contributed by atoms with E-state index in [0.29, 0.717) is 6.42 Å². The number of hydrogen-bond donors (Lipinski definition) is 5. The SMILES string of the molecule is CC(=O)O[C@H]1C2C([C@@H](O)[C@@H](N)[C@H]3C[C@@H]4O[C@@H]4[C@H](O)[C@]23C)[C@@H]2[C@@H](O)[C@@H]3[C@H]([C@H](C)[C@H]4O[C@]45OC(=O)[C@@](C)(O)[C@]35C)[C@@]2(C)[C@H]1OC(C)=O. The predicted octanol–water partition coefficient (Wildman–Crippen LogP) is -0.760. The van der Waals surface area contributed by atoms with Crippen molar-refractivity contribution < 1.29 is 58.5 Å². The quantitative estimate of drug-likeness (QED) is 0.144. The van der Waals surface area contributed by atoms with Crippen molar-refractivity contribution in [3.8, 4) is 0 Å². The van der Waals surface area contributed by atoms with Crippen LogP contribution >= 0.6 is 0 Å². The molecule has 3 aliphatic heterocycles. The van der Waals surface area contributed by atoms with Gasteiger partial charge in [-0.3, -0.25) is 9.59 Å². The van der Waals surface area contributed by atoms with Crippen LogP contribution in [-0.2, 0) is 38.1 Å². The average Bonchev–Trinajstić information content (AvgIpc) is 3.85. The van der Waals surface area contributed by atoms with Crippen LogP contribution in [0, 0.1) is 57.7 Å². The van der Waals surface area contributed by atoms with E-state index in [-0.39, 0.29) is 12.0 Å². The van der Waals surface area contributed by atoms with Crippen molar-refractivity contribution in [1.29, 1.82) is 0 Å². The molecule has 0 amide bonds. The van der Waals surface area contributed by atoms with Crippen molar-refractivity contribution in [2.45, 2.75) is 121 Å². The van der Waals surface area contributed by atoms with Gasteiger partial charge in [0.05, 0.1) is 29.8 Å². The Morgan fingerprint density at radius 2 is 1.58 bits per heavy atom. The molecule has 0 aromatic heterocycles. The van der Waals surface area contributed by atoms with Crippen LogP contribution in [0.1, 0.15) is 54.9 Å². The van der Waals surface area contributed by atoms with E-state index in [0.717, 1.165) is 0 Å². The molecule has 5 aliphatic carbocycles. The van der Waals surface area contributed by atoms with Crippen LogP contribution in [0.3, 0.4) is 0 Å². The lowest BCUT2D eigenvalue weighted by Crippen LogP contribution is -2.76. The first-order valence-corrected chi connectivity index (χ1v) is 16.3. The molecule has 3 saturated heterocycles. The summed E-state index contributed by atoms with van der Waals surface area (Å²) >= 11 is 0. The van der Waals surface area contributed by atoms with Gasteiger partial charge in [-0.25, -0.2) is 4.79 Å².